The van der Waals surface area contributed by atoms with Crippen LogP contribution in [0.3, 0.4) is 0 Å². The van der Waals surface area contributed by atoms with Gasteiger partial charge in [0.25, 0.3) is 0 Å². The third-order valence-electron chi connectivity index (χ3n) is 3.14. The van der Waals surface area contributed by atoms with Crippen LogP contribution >= 0.6 is 0 Å². The van der Waals surface area contributed by atoms with E-state index in [4.69, 9.17) is 19.9 Å². The standard InChI is InChI=1S/C14H19NO5/c1-3-10(15)4-9-5-12-13(20-8-19-12)6-11(9)18-7-14(16)17-2/h5-6,10H,3-4,7-8,15H2,1-2H3. The molecule has 1 aromatic rings. The van der Waals surface area contributed by atoms with Gasteiger partial charge in [-0.05, 0) is 24.5 Å². The molecule has 0 aromatic heterocycles. The Balaban J connectivity index is 2.20. The summed E-state index contributed by atoms with van der Waals surface area (Å²) in [4.78, 5) is 11.2. The van der Waals surface area contributed by atoms with Gasteiger partial charge in [-0.25, -0.2) is 4.79 Å². The molecule has 0 saturated carbocycles. The number of ether oxygens (including phenoxy) is 4. The normalized spacial score (nSPS) is 13.9. The Labute approximate surface area is 117 Å². The molecule has 0 bridgehead atoms. The lowest BCUT2D eigenvalue weighted by Crippen LogP contribution is -2.22. The largest absolute Gasteiger partial charge is 0.481 e. The summed E-state index contributed by atoms with van der Waals surface area (Å²) in [6, 6.07) is 3.60. The molecule has 1 atom stereocenters. The summed E-state index contributed by atoms with van der Waals surface area (Å²) in [6.07, 6.45) is 1.49. The van der Waals surface area contributed by atoms with Gasteiger partial charge >= 0.3 is 5.97 Å². The van der Waals surface area contributed by atoms with E-state index in [9.17, 15) is 4.79 Å². The van der Waals surface area contributed by atoms with Crippen molar-refractivity contribution < 1.29 is 23.7 Å². The van der Waals surface area contributed by atoms with E-state index in [0.717, 1.165) is 12.0 Å². The van der Waals surface area contributed by atoms with Gasteiger partial charge in [0.2, 0.25) is 6.79 Å². The number of carbonyl (C=O) groups is 1. The maximum atomic E-state index is 11.2. The highest BCUT2D eigenvalue weighted by Gasteiger charge is 2.19. The quantitative estimate of drug-likeness (QED) is 0.790. The number of rotatable bonds is 6. The predicted molar refractivity (Wildman–Crippen MR) is 72.0 cm³/mol. The topological polar surface area (TPSA) is 80.0 Å². The number of benzene rings is 1. The number of hydrogen-bond donors (Lipinski definition) is 1. The van der Waals surface area contributed by atoms with Crippen molar-refractivity contribution in [3.05, 3.63) is 17.7 Å². The van der Waals surface area contributed by atoms with Crippen LogP contribution in [-0.4, -0.2) is 32.5 Å². The Morgan fingerprint density at radius 3 is 2.75 bits per heavy atom. The fourth-order valence-electron chi connectivity index (χ4n) is 1.88. The molecule has 110 valence electrons. The van der Waals surface area contributed by atoms with Crippen molar-refractivity contribution in [2.24, 2.45) is 5.73 Å². The van der Waals surface area contributed by atoms with Gasteiger partial charge in [-0.2, -0.15) is 0 Å². The molecular weight excluding hydrogens is 262 g/mol. The summed E-state index contributed by atoms with van der Waals surface area (Å²) in [5.41, 5.74) is 6.88. The van der Waals surface area contributed by atoms with E-state index in [1.165, 1.54) is 7.11 Å². The Hall–Kier alpha value is -1.95. The molecule has 1 unspecified atom stereocenters. The minimum Gasteiger partial charge on any atom is -0.481 e. The highest BCUT2D eigenvalue weighted by atomic mass is 16.7. The van der Waals surface area contributed by atoms with Crippen molar-refractivity contribution >= 4 is 5.97 Å². The van der Waals surface area contributed by atoms with Crippen LogP contribution in [0.4, 0.5) is 0 Å². The minimum absolute atomic E-state index is 0.0239. The second-order valence-corrected chi connectivity index (χ2v) is 4.55. The lowest BCUT2D eigenvalue weighted by atomic mass is 10.0. The Morgan fingerprint density at radius 1 is 1.40 bits per heavy atom. The molecular formula is C14H19NO5. The molecule has 0 radical (unpaired) electrons. The maximum Gasteiger partial charge on any atom is 0.343 e. The van der Waals surface area contributed by atoms with Crippen LogP contribution in [0.25, 0.3) is 0 Å². The molecule has 0 amide bonds. The molecule has 0 aliphatic carbocycles. The van der Waals surface area contributed by atoms with Crippen molar-refractivity contribution in [3.63, 3.8) is 0 Å². The first-order valence-electron chi connectivity index (χ1n) is 6.51. The van der Waals surface area contributed by atoms with Crippen molar-refractivity contribution in [3.8, 4) is 17.2 Å². The monoisotopic (exact) mass is 281 g/mol. The zero-order chi connectivity index (χ0) is 14.5. The van der Waals surface area contributed by atoms with Gasteiger partial charge in [-0.15, -0.1) is 0 Å². The fourth-order valence-corrected chi connectivity index (χ4v) is 1.88. The Kier molecular flexibility index (Phi) is 4.68. The first-order chi connectivity index (χ1) is 9.63. The second kappa shape index (κ2) is 6.47. The van der Waals surface area contributed by atoms with E-state index in [1.54, 1.807) is 6.07 Å². The summed E-state index contributed by atoms with van der Waals surface area (Å²) in [5.74, 6) is 1.42. The number of fused-ring (bicyclic) bond motifs is 1. The van der Waals surface area contributed by atoms with Crippen molar-refractivity contribution in [1.82, 2.24) is 0 Å². The van der Waals surface area contributed by atoms with Crippen LogP contribution in [0, 0.1) is 0 Å². The van der Waals surface area contributed by atoms with Crippen LogP contribution in [0.5, 0.6) is 17.2 Å². The number of esters is 1. The van der Waals surface area contributed by atoms with Crippen LogP contribution in [0.1, 0.15) is 18.9 Å². The third-order valence-corrected chi connectivity index (χ3v) is 3.14. The molecule has 0 spiro atoms. The number of carbonyl (C=O) groups excluding carboxylic acids is 1. The van der Waals surface area contributed by atoms with Crippen LogP contribution in [0.15, 0.2) is 12.1 Å². The molecule has 6 nitrogen and oxygen atoms in total. The SMILES string of the molecule is CCC(N)Cc1cc2c(cc1OCC(=O)OC)OCO2. The average molecular weight is 281 g/mol. The Morgan fingerprint density at radius 2 is 2.10 bits per heavy atom. The molecule has 0 saturated heterocycles. The molecule has 2 N–H and O–H groups in total. The van der Waals surface area contributed by atoms with Crippen molar-refractivity contribution in [1.29, 1.82) is 0 Å². The van der Waals surface area contributed by atoms with Gasteiger partial charge in [0.15, 0.2) is 18.1 Å². The van der Waals surface area contributed by atoms with E-state index in [0.29, 0.717) is 23.7 Å². The molecule has 1 aliphatic heterocycles. The molecule has 20 heavy (non-hydrogen) atoms. The molecule has 0 fully saturated rings. The van der Waals surface area contributed by atoms with Gasteiger partial charge in [0, 0.05) is 12.1 Å². The zero-order valence-corrected chi connectivity index (χ0v) is 11.7. The maximum absolute atomic E-state index is 11.2. The summed E-state index contributed by atoms with van der Waals surface area (Å²) >= 11 is 0. The van der Waals surface area contributed by atoms with E-state index < -0.39 is 5.97 Å². The van der Waals surface area contributed by atoms with E-state index >= 15 is 0 Å². The van der Waals surface area contributed by atoms with Gasteiger partial charge < -0.3 is 24.7 Å². The van der Waals surface area contributed by atoms with Gasteiger partial charge in [0.1, 0.15) is 5.75 Å². The fraction of sp³-hybridized carbons (Fsp3) is 0.500. The highest BCUT2D eigenvalue weighted by molar-refractivity contribution is 5.71. The second-order valence-electron chi connectivity index (χ2n) is 4.55. The molecule has 1 aromatic carbocycles. The third kappa shape index (κ3) is 3.33. The highest BCUT2D eigenvalue weighted by Crippen LogP contribution is 2.38. The summed E-state index contributed by atoms with van der Waals surface area (Å²) in [5, 5.41) is 0. The smallest absolute Gasteiger partial charge is 0.343 e. The first-order valence-corrected chi connectivity index (χ1v) is 6.51. The van der Waals surface area contributed by atoms with Crippen LogP contribution in [-0.2, 0) is 16.0 Å². The minimum atomic E-state index is -0.437. The average Bonchev–Trinajstić information content (AvgIpc) is 2.91. The Bertz CT molecular complexity index is 489. The number of nitrogens with two attached hydrogens (primary N) is 1. The summed E-state index contributed by atoms with van der Waals surface area (Å²) < 4.78 is 20.7. The van der Waals surface area contributed by atoms with E-state index in [-0.39, 0.29) is 19.4 Å². The molecule has 2 rings (SSSR count). The lowest BCUT2D eigenvalue weighted by Gasteiger charge is -2.14. The number of hydrogen-bond acceptors (Lipinski definition) is 6. The summed E-state index contributed by atoms with van der Waals surface area (Å²) in [6.45, 7) is 2.06. The van der Waals surface area contributed by atoms with Crippen LogP contribution < -0.4 is 19.9 Å². The van der Waals surface area contributed by atoms with Crippen LogP contribution in [0.2, 0.25) is 0 Å². The first kappa shape index (κ1) is 14.5. The van der Waals surface area contributed by atoms with E-state index in [1.807, 2.05) is 13.0 Å². The molecule has 1 aliphatic rings. The van der Waals surface area contributed by atoms with Gasteiger partial charge in [-0.3, -0.25) is 0 Å². The van der Waals surface area contributed by atoms with Crippen molar-refractivity contribution in [2.45, 2.75) is 25.8 Å². The molecule has 6 heteroatoms. The number of methoxy groups -OCH3 is 1. The van der Waals surface area contributed by atoms with Gasteiger partial charge in [-0.1, -0.05) is 6.92 Å². The van der Waals surface area contributed by atoms with Crippen molar-refractivity contribution in [2.75, 3.05) is 20.5 Å². The summed E-state index contributed by atoms with van der Waals surface area (Å²) in [7, 11) is 1.32. The van der Waals surface area contributed by atoms with Gasteiger partial charge in [0.05, 0.1) is 7.11 Å². The van der Waals surface area contributed by atoms with E-state index in [2.05, 4.69) is 4.74 Å². The molecule has 1 heterocycles. The lowest BCUT2D eigenvalue weighted by molar-refractivity contribution is -0.142. The predicted octanol–water partition coefficient (Wildman–Crippen LogP) is 1.25. The zero-order valence-electron chi connectivity index (χ0n) is 11.7.